The van der Waals surface area contributed by atoms with Crippen LogP contribution in [-0.4, -0.2) is 21.3 Å². The number of aliphatic carboxylic acids is 1. The van der Waals surface area contributed by atoms with Gasteiger partial charge in [0.05, 0.1) is 6.54 Å². The minimum Gasteiger partial charge on any atom is -0.479 e. The SMILES string of the molecule is CC(F)(Cn1cccc1Cl)C(=O)O. The van der Waals surface area contributed by atoms with Crippen LogP contribution in [0.25, 0.3) is 0 Å². The van der Waals surface area contributed by atoms with Gasteiger partial charge in [-0.2, -0.15) is 0 Å². The highest BCUT2D eigenvalue weighted by Gasteiger charge is 2.33. The van der Waals surface area contributed by atoms with Crippen LogP contribution in [0.5, 0.6) is 0 Å². The number of hydrogen-bond acceptors (Lipinski definition) is 1. The number of rotatable bonds is 3. The molecular weight excluding hydrogens is 197 g/mol. The van der Waals surface area contributed by atoms with Crippen molar-refractivity contribution in [1.82, 2.24) is 4.57 Å². The molecule has 3 nitrogen and oxygen atoms in total. The van der Waals surface area contributed by atoms with Gasteiger partial charge in [-0.25, -0.2) is 9.18 Å². The van der Waals surface area contributed by atoms with Crippen LogP contribution in [0, 0.1) is 0 Å². The molecule has 0 bridgehead atoms. The molecule has 72 valence electrons. The molecule has 13 heavy (non-hydrogen) atoms. The minimum atomic E-state index is -2.29. The van der Waals surface area contributed by atoms with Crippen LogP contribution in [0.3, 0.4) is 0 Å². The number of carbonyl (C=O) groups is 1. The number of hydrogen-bond donors (Lipinski definition) is 1. The topological polar surface area (TPSA) is 42.2 Å². The Morgan fingerprint density at radius 1 is 1.85 bits per heavy atom. The lowest BCUT2D eigenvalue weighted by Crippen LogP contribution is -2.34. The maximum atomic E-state index is 13.3. The first-order chi connectivity index (χ1) is 5.93. The number of carboxylic acids is 1. The second-order valence-corrected chi connectivity index (χ2v) is 3.35. The van der Waals surface area contributed by atoms with E-state index in [2.05, 4.69) is 0 Å². The third kappa shape index (κ3) is 2.21. The van der Waals surface area contributed by atoms with Crippen LogP contribution in [-0.2, 0) is 11.3 Å². The molecule has 0 saturated carbocycles. The smallest absolute Gasteiger partial charge is 0.343 e. The van der Waals surface area contributed by atoms with Crippen molar-refractivity contribution in [3.63, 3.8) is 0 Å². The Morgan fingerprint density at radius 2 is 2.46 bits per heavy atom. The molecule has 0 saturated heterocycles. The van der Waals surface area contributed by atoms with Gasteiger partial charge < -0.3 is 9.67 Å². The molecule has 0 spiro atoms. The van der Waals surface area contributed by atoms with E-state index < -0.39 is 11.6 Å². The van der Waals surface area contributed by atoms with Gasteiger partial charge in [0.1, 0.15) is 5.15 Å². The molecule has 1 atom stereocenters. The molecule has 0 aliphatic rings. The second kappa shape index (κ2) is 3.38. The summed E-state index contributed by atoms with van der Waals surface area (Å²) in [4.78, 5) is 10.4. The Morgan fingerprint density at radius 3 is 2.85 bits per heavy atom. The first kappa shape index (κ1) is 10.1. The van der Waals surface area contributed by atoms with Crippen molar-refractivity contribution in [1.29, 1.82) is 0 Å². The summed E-state index contributed by atoms with van der Waals surface area (Å²) >= 11 is 5.65. The number of halogens is 2. The molecule has 0 aliphatic heterocycles. The predicted molar refractivity (Wildman–Crippen MR) is 46.6 cm³/mol. The van der Waals surface area contributed by atoms with E-state index in [-0.39, 0.29) is 6.54 Å². The molecule has 0 fully saturated rings. The van der Waals surface area contributed by atoms with Crippen molar-refractivity contribution in [2.75, 3.05) is 0 Å². The molecule has 0 aliphatic carbocycles. The summed E-state index contributed by atoms with van der Waals surface area (Å²) in [7, 11) is 0. The average molecular weight is 206 g/mol. The Labute approximate surface area is 79.7 Å². The van der Waals surface area contributed by atoms with Gasteiger partial charge in [-0.3, -0.25) is 0 Å². The van der Waals surface area contributed by atoms with Gasteiger partial charge in [-0.05, 0) is 19.1 Å². The summed E-state index contributed by atoms with van der Waals surface area (Å²) in [5.41, 5.74) is -2.29. The maximum absolute atomic E-state index is 13.3. The number of nitrogens with zero attached hydrogens (tertiary/aromatic N) is 1. The van der Waals surface area contributed by atoms with Gasteiger partial charge in [0, 0.05) is 6.20 Å². The van der Waals surface area contributed by atoms with Gasteiger partial charge >= 0.3 is 5.97 Å². The van der Waals surface area contributed by atoms with E-state index in [0.717, 1.165) is 6.92 Å². The van der Waals surface area contributed by atoms with Crippen molar-refractivity contribution < 1.29 is 14.3 Å². The number of alkyl halides is 1. The Hall–Kier alpha value is -1.03. The van der Waals surface area contributed by atoms with Crippen molar-refractivity contribution in [2.24, 2.45) is 0 Å². The Bertz CT molecular complexity index is 322. The largest absolute Gasteiger partial charge is 0.479 e. The van der Waals surface area contributed by atoms with E-state index in [1.165, 1.54) is 10.8 Å². The van der Waals surface area contributed by atoms with Crippen molar-refractivity contribution in [3.8, 4) is 0 Å². The first-order valence-electron chi connectivity index (χ1n) is 3.66. The lowest BCUT2D eigenvalue weighted by molar-refractivity contribution is -0.150. The molecule has 1 aromatic rings. The second-order valence-electron chi connectivity index (χ2n) is 2.96. The Balaban J connectivity index is 2.80. The summed E-state index contributed by atoms with van der Waals surface area (Å²) in [6, 6.07) is 3.19. The number of aromatic nitrogens is 1. The van der Waals surface area contributed by atoms with Crippen LogP contribution < -0.4 is 0 Å². The predicted octanol–water partition coefficient (Wildman–Crippen LogP) is 1.95. The summed E-state index contributed by atoms with van der Waals surface area (Å²) in [5.74, 6) is -1.49. The summed E-state index contributed by atoms with van der Waals surface area (Å²) in [6.07, 6.45) is 1.53. The van der Waals surface area contributed by atoms with E-state index >= 15 is 0 Å². The fourth-order valence-corrected chi connectivity index (χ4v) is 1.10. The van der Waals surface area contributed by atoms with E-state index in [0.29, 0.717) is 5.15 Å². The van der Waals surface area contributed by atoms with Gasteiger partial charge in [-0.1, -0.05) is 11.6 Å². The van der Waals surface area contributed by atoms with Gasteiger partial charge in [0.2, 0.25) is 5.67 Å². The lowest BCUT2D eigenvalue weighted by atomic mass is 10.1. The van der Waals surface area contributed by atoms with Crippen LogP contribution in [0.1, 0.15) is 6.92 Å². The van der Waals surface area contributed by atoms with Crippen LogP contribution in [0.4, 0.5) is 4.39 Å². The van der Waals surface area contributed by atoms with Gasteiger partial charge in [-0.15, -0.1) is 0 Å². The van der Waals surface area contributed by atoms with Crippen molar-refractivity contribution >= 4 is 17.6 Å². The standard InChI is InChI=1S/C8H9ClFNO2/c1-8(10,7(12)13)5-11-4-2-3-6(11)9/h2-4H,5H2,1H3,(H,12,13). The van der Waals surface area contributed by atoms with Crippen molar-refractivity contribution in [2.45, 2.75) is 19.1 Å². The molecule has 0 aromatic carbocycles. The molecular formula is C8H9ClFNO2. The Kier molecular flexibility index (Phi) is 2.61. The molecule has 1 aromatic heterocycles. The lowest BCUT2D eigenvalue weighted by Gasteiger charge is -2.16. The van der Waals surface area contributed by atoms with Crippen LogP contribution in [0.15, 0.2) is 18.3 Å². The number of carboxylic acid groups (broad SMARTS) is 1. The summed E-state index contributed by atoms with van der Waals surface area (Å²) in [5, 5.41) is 8.82. The highest BCUT2D eigenvalue weighted by Crippen LogP contribution is 2.18. The molecule has 1 heterocycles. The molecule has 1 rings (SSSR count). The molecule has 1 unspecified atom stereocenters. The fourth-order valence-electron chi connectivity index (χ4n) is 0.909. The zero-order chi connectivity index (χ0) is 10.1. The fraction of sp³-hybridized carbons (Fsp3) is 0.375. The molecule has 5 heteroatoms. The third-order valence-electron chi connectivity index (χ3n) is 1.69. The normalized spacial score (nSPS) is 15.3. The monoisotopic (exact) mass is 205 g/mol. The third-order valence-corrected chi connectivity index (χ3v) is 2.03. The quantitative estimate of drug-likeness (QED) is 0.820. The minimum absolute atomic E-state index is 0.284. The molecule has 0 radical (unpaired) electrons. The van der Waals surface area contributed by atoms with E-state index in [9.17, 15) is 9.18 Å². The first-order valence-corrected chi connectivity index (χ1v) is 4.04. The summed E-state index contributed by atoms with van der Waals surface area (Å²) in [6.45, 7) is 0.722. The van der Waals surface area contributed by atoms with Gasteiger partial charge in [0.15, 0.2) is 0 Å². The van der Waals surface area contributed by atoms with Crippen LogP contribution in [0.2, 0.25) is 5.15 Å². The molecule has 0 amide bonds. The average Bonchev–Trinajstić information content (AvgIpc) is 2.35. The summed E-state index contributed by atoms with van der Waals surface area (Å²) < 4.78 is 14.6. The maximum Gasteiger partial charge on any atom is 0.343 e. The van der Waals surface area contributed by atoms with Crippen molar-refractivity contribution in [3.05, 3.63) is 23.5 Å². The van der Waals surface area contributed by atoms with E-state index in [1.807, 2.05) is 0 Å². The van der Waals surface area contributed by atoms with E-state index in [4.69, 9.17) is 16.7 Å². The highest BCUT2D eigenvalue weighted by atomic mass is 35.5. The zero-order valence-corrected chi connectivity index (χ0v) is 7.75. The highest BCUT2D eigenvalue weighted by molar-refractivity contribution is 6.29. The molecule has 1 N–H and O–H groups in total. The van der Waals surface area contributed by atoms with E-state index in [1.54, 1.807) is 12.1 Å². The zero-order valence-electron chi connectivity index (χ0n) is 7.00. The van der Waals surface area contributed by atoms with Crippen LogP contribution >= 0.6 is 11.6 Å². The van der Waals surface area contributed by atoms with Gasteiger partial charge in [0.25, 0.3) is 0 Å².